The number of carbonyl (C=O) groups is 2. The zero-order valence-electron chi connectivity index (χ0n) is 20.4. The molecule has 184 valence electrons. The van der Waals surface area contributed by atoms with Crippen molar-refractivity contribution in [3.05, 3.63) is 33.7 Å². The quantitative estimate of drug-likeness (QED) is 0.491. The molecule has 1 saturated carbocycles. The van der Waals surface area contributed by atoms with Crippen LogP contribution in [0.2, 0.25) is 5.02 Å². The van der Waals surface area contributed by atoms with E-state index in [0.29, 0.717) is 17.6 Å². The van der Waals surface area contributed by atoms with Gasteiger partial charge in [-0.1, -0.05) is 25.4 Å². The number of nitrogens with one attached hydrogen (secondary N) is 2. The van der Waals surface area contributed by atoms with Gasteiger partial charge >= 0.3 is 0 Å². The lowest BCUT2D eigenvalue weighted by Gasteiger charge is -2.27. The van der Waals surface area contributed by atoms with Crippen LogP contribution in [-0.4, -0.2) is 45.6 Å². The van der Waals surface area contributed by atoms with Crippen molar-refractivity contribution in [1.82, 2.24) is 20.0 Å². The summed E-state index contributed by atoms with van der Waals surface area (Å²) < 4.78 is 2.95. The van der Waals surface area contributed by atoms with Gasteiger partial charge < -0.3 is 10.6 Å². The second-order valence-corrected chi connectivity index (χ2v) is 12.3. The number of aryl methyl sites for hydroxylation is 2. The van der Waals surface area contributed by atoms with Crippen LogP contribution in [0.15, 0.2) is 18.2 Å². The van der Waals surface area contributed by atoms with Crippen LogP contribution in [-0.2, 0) is 23.2 Å². The van der Waals surface area contributed by atoms with E-state index >= 15 is 0 Å². The number of imide groups is 1. The lowest BCUT2D eigenvalue weighted by atomic mass is 10.0. The van der Waals surface area contributed by atoms with E-state index in [1.807, 2.05) is 43.8 Å². The summed E-state index contributed by atoms with van der Waals surface area (Å²) >= 11 is 8.13. The minimum atomic E-state index is -0.191. The van der Waals surface area contributed by atoms with Crippen molar-refractivity contribution in [3.8, 4) is 11.3 Å². The number of piperidine rings is 2. The van der Waals surface area contributed by atoms with E-state index in [1.165, 1.54) is 4.90 Å². The smallest absolute Gasteiger partial charge is 0.234 e. The topological polar surface area (TPSA) is 79.3 Å². The third-order valence-electron chi connectivity index (χ3n) is 8.01. The number of halogens is 1. The number of carbonyl (C=O) groups excluding carboxylic acids is 2. The molecule has 2 saturated heterocycles. The van der Waals surface area contributed by atoms with Gasteiger partial charge in [-0.3, -0.25) is 19.2 Å². The Labute approximate surface area is 213 Å². The van der Waals surface area contributed by atoms with E-state index < -0.39 is 0 Å². The SMILES string of the molecule is Cc1cc(Cl)cc(-c2c3sc(CN4C(=O)C5C(C4=O)C5(C)C)cc3nn2C)c1NC1CCNCC1. The molecular formula is C26H30ClN5O2S. The number of likely N-dealkylation sites (tertiary alicyclic amines) is 1. The highest BCUT2D eigenvalue weighted by molar-refractivity contribution is 7.19. The summed E-state index contributed by atoms with van der Waals surface area (Å²) in [7, 11) is 1.95. The molecule has 35 heavy (non-hydrogen) atoms. The molecule has 0 radical (unpaired) electrons. The number of rotatable bonds is 5. The third-order valence-corrected chi connectivity index (χ3v) is 9.34. The van der Waals surface area contributed by atoms with Gasteiger partial charge in [-0.25, -0.2) is 0 Å². The first-order chi connectivity index (χ1) is 16.7. The molecule has 2 atom stereocenters. The molecule has 6 rings (SSSR count). The summed E-state index contributed by atoms with van der Waals surface area (Å²) in [6, 6.07) is 6.42. The van der Waals surface area contributed by atoms with Crippen molar-refractivity contribution in [3.63, 3.8) is 0 Å². The largest absolute Gasteiger partial charge is 0.381 e. The molecule has 4 heterocycles. The third kappa shape index (κ3) is 3.60. The lowest BCUT2D eigenvalue weighted by molar-refractivity contribution is -0.143. The molecule has 1 aliphatic carbocycles. The predicted molar refractivity (Wildman–Crippen MR) is 140 cm³/mol. The zero-order valence-corrected chi connectivity index (χ0v) is 22.0. The molecule has 2 unspecified atom stereocenters. The average molecular weight is 512 g/mol. The Morgan fingerprint density at radius 3 is 2.54 bits per heavy atom. The van der Waals surface area contributed by atoms with Gasteiger partial charge in [0.05, 0.1) is 28.8 Å². The summed E-state index contributed by atoms with van der Waals surface area (Å²) in [6.45, 7) is 8.44. The molecule has 9 heteroatoms. The maximum absolute atomic E-state index is 12.8. The highest BCUT2D eigenvalue weighted by atomic mass is 35.5. The fourth-order valence-corrected chi connectivity index (χ4v) is 7.46. The molecule has 0 bridgehead atoms. The van der Waals surface area contributed by atoms with Crippen molar-refractivity contribution in [2.45, 2.75) is 46.2 Å². The highest BCUT2D eigenvalue weighted by Crippen LogP contribution is 2.63. The van der Waals surface area contributed by atoms with Crippen LogP contribution < -0.4 is 10.6 Å². The first-order valence-electron chi connectivity index (χ1n) is 12.2. The second-order valence-electron chi connectivity index (χ2n) is 10.8. The Kier molecular flexibility index (Phi) is 5.29. The van der Waals surface area contributed by atoms with E-state index in [0.717, 1.165) is 63.5 Å². The zero-order chi connectivity index (χ0) is 24.6. The molecule has 1 aromatic carbocycles. The van der Waals surface area contributed by atoms with Gasteiger partial charge in [-0.2, -0.15) is 5.10 Å². The Bertz CT molecular complexity index is 1350. The van der Waals surface area contributed by atoms with Gasteiger partial charge in [-0.05, 0) is 62.0 Å². The first-order valence-corrected chi connectivity index (χ1v) is 13.4. The summed E-state index contributed by atoms with van der Waals surface area (Å²) in [4.78, 5) is 28.1. The molecule has 2 aliphatic heterocycles. The summed E-state index contributed by atoms with van der Waals surface area (Å²) in [5, 5.41) is 12.7. The Balaban J connectivity index is 1.35. The summed E-state index contributed by atoms with van der Waals surface area (Å²) in [5.41, 5.74) is 4.91. The Hall–Kier alpha value is -2.42. The van der Waals surface area contributed by atoms with Crippen molar-refractivity contribution in [1.29, 1.82) is 0 Å². The monoisotopic (exact) mass is 511 g/mol. The number of thiophene rings is 1. The molecule has 3 fully saturated rings. The van der Waals surface area contributed by atoms with E-state index in [9.17, 15) is 9.59 Å². The van der Waals surface area contributed by atoms with Gasteiger partial charge in [-0.15, -0.1) is 11.3 Å². The molecule has 7 nitrogen and oxygen atoms in total. The number of nitrogens with zero attached hydrogens (tertiary/aromatic N) is 3. The van der Waals surface area contributed by atoms with Gasteiger partial charge in [0.25, 0.3) is 0 Å². The van der Waals surface area contributed by atoms with Gasteiger partial charge in [0.1, 0.15) is 5.52 Å². The number of fused-ring (bicyclic) bond motifs is 2. The number of anilines is 1. The normalized spacial score (nSPS) is 23.9. The molecule has 2 aromatic heterocycles. The first kappa shape index (κ1) is 23.0. The van der Waals surface area contributed by atoms with E-state index in [4.69, 9.17) is 16.7 Å². The summed E-state index contributed by atoms with van der Waals surface area (Å²) in [5.74, 6) is -0.373. The van der Waals surface area contributed by atoms with E-state index in [-0.39, 0.29) is 29.1 Å². The van der Waals surface area contributed by atoms with Crippen molar-refractivity contribution in [2.75, 3.05) is 18.4 Å². The van der Waals surface area contributed by atoms with Crippen LogP contribution >= 0.6 is 22.9 Å². The van der Waals surface area contributed by atoms with Crippen LogP contribution in [0.5, 0.6) is 0 Å². The van der Waals surface area contributed by atoms with Crippen LogP contribution in [0.4, 0.5) is 5.69 Å². The van der Waals surface area contributed by atoms with Crippen LogP contribution in [0.1, 0.15) is 37.1 Å². The number of aromatic nitrogens is 2. The molecule has 3 aromatic rings. The van der Waals surface area contributed by atoms with Gasteiger partial charge in [0, 0.05) is 34.2 Å². The van der Waals surface area contributed by atoms with Crippen molar-refractivity contribution in [2.24, 2.45) is 24.3 Å². The second kappa shape index (κ2) is 8.05. The lowest BCUT2D eigenvalue weighted by Crippen LogP contribution is -2.35. The van der Waals surface area contributed by atoms with Crippen LogP contribution in [0.3, 0.4) is 0 Å². The average Bonchev–Trinajstić information content (AvgIpc) is 3.04. The van der Waals surface area contributed by atoms with E-state index in [1.54, 1.807) is 11.3 Å². The fourth-order valence-electron chi connectivity index (χ4n) is 6.02. The van der Waals surface area contributed by atoms with E-state index in [2.05, 4.69) is 17.6 Å². The molecular weight excluding hydrogens is 482 g/mol. The number of hydrogen-bond donors (Lipinski definition) is 2. The number of amides is 2. The van der Waals surface area contributed by atoms with Crippen molar-refractivity contribution >= 4 is 50.7 Å². The van der Waals surface area contributed by atoms with Crippen molar-refractivity contribution < 1.29 is 9.59 Å². The maximum atomic E-state index is 12.8. The molecule has 2 amide bonds. The standard InChI is InChI=1S/C26H30ClN5O2S/c1-13-9-14(27)10-17(21(13)29-15-5-7-28-8-6-15)22-23-18(30-31(22)4)11-16(35-23)12-32-24(33)19-20(25(32)34)26(19,2)3/h9-11,15,19-20,28-29H,5-8,12H2,1-4H3. The number of hydrogen-bond acceptors (Lipinski definition) is 6. The van der Waals surface area contributed by atoms with Gasteiger partial charge in [0.2, 0.25) is 11.8 Å². The highest BCUT2D eigenvalue weighted by Gasteiger charge is 2.72. The minimum Gasteiger partial charge on any atom is -0.381 e. The fraction of sp³-hybridized carbons (Fsp3) is 0.500. The Morgan fingerprint density at radius 1 is 1.17 bits per heavy atom. The van der Waals surface area contributed by atoms with Crippen LogP contribution in [0, 0.1) is 24.2 Å². The Morgan fingerprint density at radius 2 is 1.86 bits per heavy atom. The maximum Gasteiger partial charge on any atom is 0.234 e. The number of benzene rings is 1. The predicted octanol–water partition coefficient (Wildman–Crippen LogP) is 4.57. The van der Waals surface area contributed by atoms with Crippen LogP contribution in [0.25, 0.3) is 21.5 Å². The molecule has 0 spiro atoms. The van der Waals surface area contributed by atoms with Gasteiger partial charge in [0.15, 0.2) is 0 Å². The molecule has 3 aliphatic rings. The molecule has 2 N–H and O–H groups in total. The minimum absolute atomic E-state index is 0.0317. The summed E-state index contributed by atoms with van der Waals surface area (Å²) in [6.07, 6.45) is 2.14.